The number of likely N-dealkylation sites (N-methyl/N-ethyl adjacent to an activating group) is 1. The van der Waals surface area contributed by atoms with Gasteiger partial charge in [0.25, 0.3) is 0 Å². The van der Waals surface area contributed by atoms with E-state index in [0.717, 1.165) is 65.3 Å². The number of nitrogens with zero attached hydrogens (tertiary/aromatic N) is 7. The number of piperidine rings is 1. The quantitative estimate of drug-likeness (QED) is 0.491. The summed E-state index contributed by atoms with van der Waals surface area (Å²) in [5.41, 5.74) is 7.23. The van der Waals surface area contributed by atoms with Crippen LogP contribution in [0.25, 0.3) is 27.9 Å². The molecule has 0 aromatic carbocycles. The first-order chi connectivity index (χ1) is 16.3. The summed E-state index contributed by atoms with van der Waals surface area (Å²) in [4.78, 5) is 33.7. The molecule has 1 fully saturated rings. The largest absolute Gasteiger partial charge is 0.352 e. The van der Waals surface area contributed by atoms with E-state index in [2.05, 4.69) is 46.8 Å². The van der Waals surface area contributed by atoms with Crippen LogP contribution >= 0.6 is 0 Å². The zero-order valence-corrected chi connectivity index (χ0v) is 20.5. The minimum absolute atomic E-state index is 0.150. The maximum Gasteiger partial charge on any atom is 0.236 e. The molecular formula is C25H32N8O. The number of aromatic amines is 1. The molecule has 1 N–H and O–H groups in total. The van der Waals surface area contributed by atoms with Crippen molar-refractivity contribution in [2.45, 2.75) is 45.4 Å². The molecule has 34 heavy (non-hydrogen) atoms. The Bertz CT molecular complexity index is 1340. The highest BCUT2D eigenvalue weighted by Gasteiger charge is 2.26. The molecule has 4 aromatic rings. The maximum absolute atomic E-state index is 12.1. The maximum atomic E-state index is 12.1. The number of pyridine rings is 1. The molecule has 1 saturated heterocycles. The van der Waals surface area contributed by atoms with Crippen LogP contribution in [0.3, 0.4) is 0 Å². The van der Waals surface area contributed by atoms with Gasteiger partial charge in [-0.05, 0) is 50.4 Å². The SMILES string of the molecule is Cc1cc(-c2[nH]c3cnc(C4CCN(CC(=O)N(C)C)CC4)nc3c2C(C)C)cn2ncnc12. The minimum Gasteiger partial charge on any atom is -0.352 e. The highest BCUT2D eigenvalue weighted by Crippen LogP contribution is 2.36. The third-order valence-corrected chi connectivity index (χ3v) is 6.83. The Morgan fingerprint density at radius 3 is 2.71 bits per heavy atom. The summed E-state index contributed by atoms with van der Waals surface area (Å²) in [5, 5.41) is 4.34. The fourth-order valence-corrected chi connectivity index (χ4v) is 4.91. The first-order valence-corrected chi connectivity index (χ1v) is 11.9. The van der Waals surface area contributed by atoms with Crippen LogP contribution in [0.4, 0.5) is 0 Å². The van der Waals surface area contributed by atoms with Crippen LogP contribution in [0.2, 0.25) is 0 Å². The van der Waals surface area contributed by atoms with Gasteiger partial charge in [0.05, 0.1) is 29.5 Å². The molecule has 0 bridgehead atoms. The lowest BCUT2D eigenvalue weighted by Gasteiger charge is -2.31. The average Bonchev–Trinajstić information content (AvgIpc) is 3.44. The van der Waals surface area contributed by atoms with Gasteiger partial charge in [-0.1, -0.05) is 13.8 Å². The molecule has 9 nitrogen and oxygen atoms in total. The van der Waals surface area contributed by atoms with Gasteiger partial charge >= 0.3 is 0 Å². The monoisotopic (exact) mass is 460 g/mol. The molecular weight excluding hydrogens is 428 g/mol. The van der Waals surface area contributed by atoms with Crippen LogP contribution in [-0.2, 0) is 4.79 Å². The Hall–Kier alpha value is -3.33. The number of hydrogen-bond donors (Lipinski definition) is 1. The molecule has 0 atom stereocenters. The Labute approximate surface area is 199 Å². The molecule has 178 valence electrons. The Morgan fingerprint density at radius 2 is 2.00 bits per heavy atom. The van der Waals surface area contributed by atoms with E-state index >= 15 is 0 Å². The first kappa shape index (κ1) is 22.5. The molecule has 0 spiro atoms. The third kappa shape index (κ3) is 4.04. The fraction of sp³-hybridized carbons (Fsp3) is 0.480. The van der Waals surface area contributed by atoms with Crippen LogP contribution in [-0.4, -0.2) is 79.0 Å². The van der Waals surface area contributed by atoms with Gasteiger partial charge in [0.2, 0.25) is 5.91 Å². The zero-order valence-electron chi connectivity index (χ0n) is 20.5. The predicted octanol–water partition coefficient (Wildman–Crippen LogP) is 3.37. The summed E-state index contributed by atoms with van der Waals surface area (Å²) < 4.78 is 1.83. The van der Waals surface area contributed by atoms with Gasteiger partial charge in [-0.25, -0.2) is 19.5 Å². The lowest BCUT2D eigenvalue weighted by Crippen LogP contribution is -2.40. The van der Waals surface area contributed by atoms with Crippen molar-refractivity contribution in [1.29, 1.82) is 0 Å². The molecule has 1 amide bonds. The lowest BCUT2D eigenvalue weighted by molar-refractivity contribution is -0.130. The van der Waals surface area contributed by atoms with E-state index in [0.29, 0.717) is 12.5 Å². The number of carbonyl (C=O) groups excluding carboxylic acids is 1. The first-order valence-electron chi connectivity index (χ1n) is 11.9. The van der Waals surface area contributed by atoms with Crippen molar-refractivity contribution in [2.75, 3.05) is 33.7 Å². The van der Waals surface area contributed by atoms with Crippen molar-refractivity contribution in [3.05, 3.63) is 41.7 Å². The number of fused-ring (bicyclic) bond motifs is 2. The second kappa shape index (κ2) is 8.79. The van der Waals surface area contributed by atoms with Crippen LogP contribution in [0.1, 0.15) is 55.5 Å². The molecule has 9 heteroatoms. The number of nitrogens with one attached hydrogen (secondary N) is 1. The normalized spacial score (nSPS) is 15.6. The van der Waals surface area contributed by atoms with Crippen LogP contribution in [0.5, 0.6) is 0 Å². The number of H-pyrrole nitrogens is 1. The predicted molar refractivity (Wildman–Crippen MR) is 132 cm³/mol. The van der Waals surface area contributed by atoms with Gasteiger partial charge in [0.15, 0.2) is 5.65 Å². The van der Waals surface area contributed by atoms with Crippen molar-refractivity contribution in [1.82, 2.24) is 39.3 Å². The molecule has 0 unspecified atom stereocenters. The van der Waals surface area contributed by atoms with Crippen molar-refractivity contribution >= 4 is 22.6 Å². The van der Waals surface area contributed by atoms with E-state index in [1.54, 1.807) is 25.3 Å². The van der Waals surface area contributed by atoms with Gasteiger partial charge in [-0.3, -0.25) is 9.69 Å². The van der Waals surface area contributed by atoms with E-state index in [1.165, 1.54) is 5.56 Å². The number of amides is 1. The third-order valence-electron chi connectivity index (χ3n) is 6.83. The number of hydrogen-bond acceptors (Lipinski definition) is 6. The summed E-state index contributed by atoms with van der Waals surface area (Å²) >= 11 is 0. The number of aromatic nitrogens is 6. The van der Waals surface area contributed by atoms with Crippen molar-refractivity contribution in [3.8, 4) is 11.3 Å². The van der Waals surface area contributed by atoms with E-state index in [9.17, 15) is 4.79 Å². The Kier molecular flexibility index (Phi) is 5.81. The topological polar surface area (TPSA) is 95.3 Å². The number of likely N-dealkylation sites (tertiary alicyclic amines) is 1. The van der Waals surface area contributed by atoms with Crippen LogP contribution < -0.4 is 0 Å². The standard InChI is InChI=1S/C25H32N8O/c1-15(2)21-22(18-10-16(3)25-27-14-28-33(25)12-18)29-19-11-26-24(30-23(19)21)17-6-8-32(9-7-17)13-20(34)31(4)5/h10-12,14-15,17,29H,6-9,13H2,1-5H3. The van der Waals surface area contributed by atoms with E-state index in [-0.39, 0.29) is 11.8 Å². The summed E-state index contributed by atoms with van der Waals surface area (Å²) in [6, 6.07) is 2.15. The van der Waals surface area contributed by atoms with Crippen LogP contribution in [0, 0.1) is 6.92 Å². The summed E-state index contributed by atoms with van der Waals surface area (Å²) in [5.74, 6) is 1.65. The molecule has 1 aliphatic rings. The second-order valence-electron chi connectivity index (χ2n) is 9.84. The van der Waals surface area contributed by atoms with Gasteiger partial charge in [0, 0.05) is 37.3 Å². The minimum atomic E-state index is 0.150. The smallest absolute Gasteiger partial charge is 0.236 e. The highest BCUT2D eigenvalue weighted by atomic mass is 16.2. The zero-order chi connectivity index (χ0) is 24.0. The van der Waals surface area contributed by atoms with Gasteiger partial charge < -0.3 is 9.88 Å². The lowest BCUT2D eigenvalue weighted by atomic mass is 9.95. The van der Waals surface area contributed by atoms with Crippen molar-refractivity contribution in [2.24, 2.45) is 0 Å². The number of rotatable bonds is 5. The molecule has 1 aliphatic heterocycles. The van der Waals surface area contributed by atoms with E-state index in [4.69, 9.17) is 9.97 Å². The second-order valence-corrected chi connectivity index (χ2v) is 9.84. The summed E-state index contributed by atoms with van der Waals surface area (Å²) in [7, 11) is 3.61. The highest BCUT2D eigenvalue weighted by molar-refractivity contribution is 5.88. The molecule has 4 aromatic heterocycles. The van der Waals surface area contributed by atoms with Gasteiger partial charge in [0.1, 0.15) is 12.2 Å². The van der Waals surface area contributed by atoms with E-state index < -0.39 is 0 Å². The molecule has 5 heterocycles. The summed E-state index contributed by atoms with van der Waals surface area (Å²) in [6.45, 7) is 8.72. The fourth-order valence-electron chi connectivity index (χ4n) is 4.91. The van der Waals surface area contributed by atoms with Crippen molar-refractivity contribution in [3.63, 3.8) is 0 Å². The molecule has 0 saturated carbocycles. The Morgan fingerprint density at radius 1 is 1.24 bits per heavy atom. The molecule has 5 rings (SSSR count). The number of carbonyl (C=O) groups is 1. The van der Waals surface area contributed by atoms with E-state index in [1.807, 2.05) is 16.9 Å². The van der Waals surface area contributed by atoms with Gasteiger partial charge in [-0.2, -0.15) is 5.10 Å². The van der Waals surface area contributed by atoms with Crippen LogP contribution in [0.15, 0.2) is 24.8 Å². The average molecular weight is 461 g/mol. The van der Waals surface area contributed by atoms with Gasteiger partial charge in [-0.15, -0.1) is 0 Å². The molecule has 0 radical (unpaired) electrons. The van der Waals surface area contributed by atoms with Crippen molar-refractivity contribution < 1.29 is 4.79 Å². The Balaban J connectivity index is 1.45. The summed E-state index contributed by atoms with van der Waals surface area (Å²) in [6.07, 6.45) is 7.45. The number of aryl methyl sites for hydroxylation is 1. The molecule has 0 aliphatic carbocycles.